The molecule has 2 aromatic rings. The van der Waals surface area contributed by atoms with Gasteiger partial charge in [0.05, 0.1) is 0 Å². The first kappa shape index (κ1) is 12.8. The van der Waals surface area contributed by atoms with Crippen LogP contribution < -0.4 is 5.32 Å². The van der Waals surface area contributed by atoms with Crippen LogP contribution in [0.15, 0.2) is 36.4 Å². The lowest BCUT2D eigenvalue weighted by atomic mass is 10.1. The van der Waals surface area contributed by atoms with Gasteiger partial charge in [-0.05, 0) is 37.1 Å². The summed E-state index contributed by atoms with van der Waals surface area (Å²) >= 11 is 6.08. The summed E-state index contributed by atoms with van der Waals surface area (Å²) in [6.07, 6.45) is 0. The first-order valence-electron chi connectivity index (χ1n) is 5.86. The Bertz CT molecular complexity index is 474. The number of phenolic OH excluding ortho intramolecular Hbond substituents is 1. The van der Waals surface area contributed by atoms with E-state index in [1.54, 1.807) is 18.2 Å². The Balaban J connectivity index is 2.22. The molecule has 0 bridgehead atoms. The van der Waals surface area contributed by atoms with Crippen molar-refractivity contribution in [2.45, 2.75) is 20.4 Å². The molecule has 0 fully saturated rings. The molecule has 94 valence electrons. The highest BCUT2D eigenvalue weighted by Gasteiger charge is 2.07. The van der Waals surface area contributed by atoms with E-state index in [1.807, 2.05) is 6.07 Å². The maximum absolute atomic E-state index is 9.78. The van der Waals surface area contributed by atoms with E-state index in [0.29, 0.717) is 11.6 Å². The minimum absolute atomic E-state index is 0.223. The molecule has 0 atom stereocenters. The summed E-state index contributed by atoms with van der Waals surface area (Å²) in [6.45, 7) is 4.63. The normalized spacial score (nSPS) is 10.4. The van der Waals surface area contributed by atoms with Crippen molar-refractivity contribution in [3.63, 3.8) is 0 Å². The number of aryl methyl sites for hydroxylation is 2. The molecule has 2 rings (SSSR count). The SMILES string of the molecule is Cc1cccc(C)c1NCc1c(O)cccc1Cl. The number of rotatable bonds is 3. The van der Waals surface area contributed by atoms with E-state index in [1.165, 1.54) is 11.1 Å². The molecule has 0 heterocycles. The third-order valence-electron chi connectivity index (χ3n) is 3.02. The lowest BCUT2D eigenvalue weighted by Crippen LogP contribution is -2.03. The van der Waals surface area contributed by atoms with E-state index >= 15 is 0 Å². The van der Waals surface area contributed by atoms with E-state index in [2.05, 4.69) is 31.3 Å². The van der Waals surface area contributed by atoms with E-state index < -0.39 is 0 Å². The van der Waals surface area contributed by atoms with E-state index in [0.717, 1.165) is 11.3 Å². The molecule has 0 spiro atoms. The molecule has 2 nitrogen and oxygen atoms in total. The van der Waals surface area contributed by atoms with Gasteiger partial charge in [0.1, 0.15) is 5.75 Å². The van der Waals surface area contributed by atoms with Gasteiger partial charge in [-0.25, -0.2) is 0 Å². The monoisotopic (exact) mass is 261 g/mol. The van der Waals surface area contributed by atoms with Gasteiger partial charge in [0.15, 0.2) is 0 Å². The van der Waals surface area contributed by atoms with Gasteiger partial charge in [0.2, 0.25) is 0 Å². The van der Waals surface area contributed by atoms with Crippen LogP contribution in [0.4, 0.5) is 5.69 Å². The van der Waals surface area contributed by atoms with Crippen LogP contribution in [0.3, 0.4) is 0 Å². The Labute approximate surface area is 112 Å². The maximum atomic E-state index is 9.78. The number of hydrogen-bond acceptors (Lipinski definition) is 2. The number of nitrogens with one attached hydrogen (secondary N) is 1. The first-order chi connectivity index (χ1) is 8.59. The summed E-state index contributed by atoms with van der Waals surface area (Å²) in [5.41, 5.74) is 4.18. The molecule has 0 aliphatic heterocycles. The largest absolute Gasteiger partial charge is 0.508 e. The molecular formula is C15H16ClNO. The Morgan fingerprint density at radius 2 is 1.67 bits per heavy atom. The molecule has 0 saturated carbocycles. The number of hydrogen-bond donors (Lipinski definition) is 2. The number of para-hydroxylation sites is 1. The van der Waals surface area contributed by atoms with Crippen molar-refractivity contribution in [2.24, 2.45) is 0 Å². The summed E-state index contributed by atoms with van der Waals surface area (Å²) in [4.78, 5) is 0. The van der Waals surface area contributed by atoms with Gasteiger partial charge in [-0.1, -0.05) is 35.9 Å². The van der Waals surface area contributed by atoms with Crippen molar-refractivity contribution in [3.8, 4) is 5.75 Å². The summed E-state index contributed by atoms with van der Waals surface area (Å²) in [5, 5.41) is 13.7. The predicted molar refractivity (Wildman–Crippen MR) is 76.4 cm³/mol. The number of halogens is 1. The van der Waals surface area contributed by atoms with Crippen LogP contribution in [0, 0.1) is 13.8 Å². The molecule has 0 saturated heterocycles. The molecule has 18 heavy (non-hydrogen) atoms. The van der Waals surface area contributed by atoms with Crippen molar-refractivity contribution < 1.29 is 5.11 Å². The summed E-state index contributed by atoms with van der Waals surface area (Å²) in [6, 6.07) is 11.3. The van der Waals surface area contributed by atoms with Gasteiger partial charge in [-0.2, -0.15) is 0 Å². The van der Waals surface area contributed by atoms with Gasteiger partial charge in [0.25, 0.3) is 0 Å². The quantitative estimate of drug-likeness (QED) is 0.865. The molecule has 0 unspecified atom stereocenters. The van der Waals surface area contributed by atoms with Gasteiger partial charge >= 0.3 is 0 Å². The van der Waals surface area contributed by atoms with Crippen LogP contribution in [-0.4, -0.2) is 5.11 Å². The van der Waals surface area contributed by atoms with Crippen LogP contribution in [0.2, 0.25) is 5.02 Å². The molecule has 0 amide bonds. The Hall–Kier alpha value is -1.67. The number of phenols is 1. The molecule has 0 aromatic heterocycles. The lowest BCUT2D eigenvalue weighted by molar-refractivity contribution is 0.469. The molecule has 2 N–H and O–H groups in total. The highest BCUT2D eigenvalue weighted by molar-refractivity contribution is 6.31. The number of benzene rings is 2. The fourth-order valence-electron chi connectivity index (χ4n) is 1.99. The zero-order valence-corrected chi connectivity index (χ0v) is 11.3. The van der Waals surface area contributed by atoms with Crippen molar-refractivity contribution in [2.75, 3.05) is 5.32 Å². The van der Waals surface area contributed by atoms with Crippen LogP contribution in [0.1, 0.15) is 16.7 Å². The predicted octanol–water partition coefficient (Wildman–Crippen LogP) is 4.27. The average molecular weight is 262 g/mol. The van der Waals surface area contributed by atoms with Gasteiger partial charge in [-0.3, -0.25) is 0 Å². The zero-order chi connectivity index (χ0) is 13.1. The Morgan fingerprint density at radius 1 is 1.06 bits per heavy atom. The highest BCUT2D eigenvalue weighted by Crippen LogP contribution is 2.27. The van der Waals surface area contributed by atoms with E-state index in [9.17, 15) is 5.11 Å². The van der Waals surface area contributed by atoms with Gasteiger partial charge in [-0.15, -0.1) is 0 Å². The Kier molecular flexibility index (Phi) is 3.78. The summed E-state index contributed by atoms with van der Waals surface area (Å²) < 4.78 is 0. The van der Waals surface area contributed by atoms with Gasteiger partial charge < -0.3 is 10.4 Å². The van der Waals surface area contributed by atoms with Crippen LogP contribution in [-0.2, 0) is 6.54 Å². The fraction of sp³-hybridized carbons (Fsp3) is 0.200. The molecule has 2 aromatic carbocycles. The molecule has 0 aliphatic carbocycles. The molecule has 3 heteroatoms. The highest BCUT2D eigenvalue weighted by atomic mass is 35.5. The van der Waals surface area contributed by atoms with Crippen LogP contribution in [0.5, 0.6) is 5.75 Å². The smallest absolute Gasteiger partial charge is 0.122 e. The standard InChI is InChI=1S/C15H16ClNO/c1-10-5-3-6-11(2)15(10)17-9-12-13(16)7-4-8-14(12)18/h3-8,17-18H,9H2,1-2H3. The van der Waals surface area contributed by atoms with Crippen molar-refractivity contribution >= 4 is 17.3 Å². The second kappa shape index (κ2) is 5.32. The Morgan fingerprint density at radius 3 is 2.28 bits per heavy atom. The van der Waals surface area contributed by atoms with E-state index in [-0.39, 0.29) is 5.75 Å². The second-order valence-electron chi connectivity index (χ2n) is 4.36. The minimum Gasteiger partial charge on any atom is -0.508 e. The number of aromatic hydroxyl groups is 1. The lowest BCUT2D eigenvalue weighted by Gasteiger charge is -2.14. The molecular weight excluding hydrogens is 246 g/mol. The molecule has 0 radical (unpaired) electrons. The fourth-order valence-corrected chi connectivity index (χ4v) is 2.23. The van der Waals surface area contributed by atoms with Crippen LogP contribution >= 0.6 is 11.6 Å². The van der Waals surface area contributed by atoms with Crippen molar-refractivity contribution in [1.29, 1.82) is 0 Å². The summed E-state index contributed by atoms with van der Waals surface area (Å²) in [7, 11) is 0. The van der Waals surface area contributed by atoms with Gasteiger partial charge in [0, 0.05) is 22.8 Å². The second-order valence-corrected chi connectivity index (χ2v) is 4.77. The maximum Gasteiger partial charge on any atom is 0.122 e. The third-order valence-corrected chi connectivity index (χ3v) is 3.37. The topological polar surface area (TPSA) is 32.3 Å². The average Bonchev–Trinajstić information content (AvgIpc) is 2.31. The zero-order valence-electron chi connectivity index (χ0n) is 10.5. The van der Waals surface area contributed by atoms with Crippen molar-refractivity contribution in [3.05, 3.63) is 58.1 Å². The van der Waals surface area contributed by atoms with E-state index in [4.69, 9.17) is 11.6 Å². The van der Waals surface area contributed by atoms with Crippen LogP contribution in [0.25, 0.3) is 0 Å². The van der Waals surface area contributed by atoms with Crippen molar-refractivity contribution in [1.82, 2.24) is 0 Å². The summed E-state index contributed by atoms with van der Waals surface area (Å²) in [5.74, 6) is 0.223. The third kappa shape index (κ3) is 2.59. The first-order valence-corrected chi connectivity index (χ1v) is 6.24. The minimum atomic E-state index is 0.223. The number of anilines is 1. The molecule has 0 aliphatic rings.